The molecule has 0 aliphatic carbocycles. The fourth-order valence-corrected chi connectivity index (χ4v) is 2.08. The number of hydrogen-bond acceptors (Lipinski definition) is 4. The Hall–Kier alpha value is -2.69. The lowest BCUT2D eigenvalue weighted by molar-refractivity contribution is 0.849. The fourth-order valence-electron chi connectivity index (χ4n) is 2.08. The van der Waals surface area contributed by atoms with Gasteiger partial charge in [0.2, 0.25) is 5.95 Å². The van der Waals surface area contributed by atoms with Gasteiger partial charge in [0.25, 0.3) is 0 Å². The summed E-state index contributed by atoms with van der Waals surface area (Å²) in [5, 5.41) is 7.51. The number of aryl methyl sites for hydroxylation is 1. The van der Waals surface area contributed by atoms with Gasteiger partial charge in [0, 0.05) is 24.8 Å². The van der Waals surface area contributed by atoms with E-state index in [0.717, 1.165) is 11.3 Å². The number of hydrogen-bond donors (Lipinski definition) is 1. The van der Waals surface area contributed by atoms with Crippen LogP contribution in [0.15, 0.2) is 55.1 Å². The molecule has 1 aromatic carbocycles. The molecule has 2 aromatic heterocycles. The Kier molecular flexibility index (Phi) is 3.64. The van der Waals surface area contributed by atoms with Crippen LogP contribution in [-0.4, -0.2) is 19.7 Å². The van der Waals surface area contributed by atoms with E-state index in [1.165, 1.54) is 5.56 Å². The number of anilines is 1. The van der Waals surface area contributed by atoms with Crippen molar-refractivity contribution in [2.45, 2.75) is 19.9 Å². The summed E-state index contributed by atoms with van der Waals surface area (Å²) in [6.45, 7) is 4.06. The minimum absolute atomic E-state index is 0.138. The molecule has 0 aliphatic rings. The number of aromatic nitrogens is 4. The highest BCUT2D eigenvalue weighted by Crippen LogP contribution is 2.18. The van der Waals surface area contributed by atoms with Crippen molar-refractivity contribution >= 4 is 5.95 Å². The maximum absolute atomic E-state index is 4.27. The first-order valence-electron chi connectivity index (χ1n) is 6.87. The molecule has 3 aromatic rings. The Bertz CT molecular complexity index is 687. The van der Waals surface area contributed by atoms with Gasteiger partial charge in [-0.25, -0.2) is 14.6 Å². The van der Waals surface area contributed by atoms with Gasteiger partial charge in [-0.1, -0.05) is 12.1 Å². The molecule has 0 saturated carbocycles. The molecular weight excluding hydrogens is 262 g/mol. The van der Waals surface area contributed by atoms with E-state index in [-0.39, 0.29) is 6.04 Å². The average molecular weight is 279 g/mol. The van der Waals surface area contributed by atoms with E-state index in [1.807, 2.05) is 36.3 Å². The minimum atomic E-state index is 0.138. The Labute approximate surface area is 123 Å². The highest BCUT2D eigenvalue weighted by atomic mass is 15.3. The Balaban J connectivity index is 1.73. The Morgan fingerprint density at radius 1 is 1.10 bits per heavy atom. The lowest BCUT2D eigenvalue weighted by Gasteiger charge is -2.14. The first kappa shape index (κ1) is 13.3. The van der Waals surface area contributed by atoms with Gasteiger partial charge in [0.1, 0.15) is 0 Å². The van der Waals surface area contributed by atoms with E-state index < -0.39 is 0 Å². The van der Waals surface area contributed by atoms with Crippen LogP contribution >= 0.6 is 0 Å². The molecule has 21 heavy (non-hydrogen) atoms. The van der Waals surface area contributed by atoms with Crippen LogP contribution in [0.5, 0.6) is 0 Å². The molecule has 0 amide bonds. The van der Waals surface area contributed by atoms with Crippen LogP contribution in [0, 0.1) is 6.92 Å². The molecule has 2 heterocycles. The Morgan fingerprint density at radius 3 is 2.43 bits per heavy atom. The largest absolute Gasteiger partial charge is 0.348 e. The molecule has 0 aliphatic heterocycles. The molecule has 1 N–H and O–H groups in total. The molecule has 5 heteroatoms. The van der Waals surface area contributed by atoms with E-state index in [2.05, 4.69) is 51.6 Å². The highest BCUT2D eigenvalue weighted by molar-refractivity contribution is 5.37. The maximum atomic E-state index is 4.27. The van der Waals surface area contributed by atoms with E-state index in [9.17, 15) is 0 Å². The van der Waals surface area contributed by atoms with Gasteiger partial charge >= 0.3 is 0 Å². The minimum Gasteiger partial charge on any atom is -0.348 e. The van der Waals surface area contributed by atoms with Crippen LogP contribution in [0.4, 0.5) is 5.95 Å². The molecule has 0 fully saturated rings. The summed E-state index contributed by atoms with van der Waals surface area (Å²) in [5.74, 6) is 0.643. The predicted octanol–water partition coefficient (Wildman–Crippen LogP) is 3.14. The first-order valence-corrected chi connectivity index (χ1v) is 6.87. The average Bonchev–Trinajstić information content (AvgIpc) is 3.04. The predicted molar refractivity (Wildman–Crippen MR) is 82.4 cm³/mol. The van der Waals surface area contributed by atoms with Crippen molar-refractivity contribution in [2.24, 2.45) is 0 Å². The third kappa shape index (κ3) is 3.08. The normalized spacial score (nSPS) is 12.1. The van der Waals surface area contributed by atoms with Crippen LogP contribution in [0.25, 0.3) is 5.69 Å². The molecule has 0 radical (unpaired) electrons. The molecule has 3 rings (SSSR count). The number of nitrogens with one attached hydrogen (secondary N) is 1. The molecule has 0 bridgehead atoms. The lowest BCUT2D eigenvalue weighted by atomic mass is 10.1. The zero-order chi connectivity index (χ0) is 14.7. The lowest BCUT2D eigenvalue weighted by Crippen LogP contribution is -2.09. The molecule has 0 spiro atoms. The topological polar surface area (TPSA) is 55.6 Å². The third-order valence-electron chi connectivity index (χ3n) is 3.29. The quantitative estimate of drug-likeness (QED) is 0.797. The molecule has 1 atom stereocenters. The number of rotatable bonds is 4. The van der Waals surface area contributed by atoms with Crippen LogP contribution in [0.3, 0.4) is 0 Å². The summed E-state index contributed by atoms with van der Waals surface area (Å²) in [6.07, 6.45) is 7.31. The third-order valence-corrected chi connectivity index (χ3v) is 3.29. The summed E-state index contributed by atoms with van der Waals surface area (Å²) >= 11 is 0. The second kappa shape index (κ2) is 5.75. The van der Waals surface area contributed by atoms with Gasteiger partial charge in [-0.3, -0.25) is 0 Å². The summed E-state index contributed by atoms with van der Waals surface area (Å²) < 4.78 is 1.84. The zero-order valence-electron chi connectivity index (χ0n) is 12.1. The van der Waals surface area contributed by atoms with Crippen LogP contribution in [-0.2, 0) is 0 Å². The van der Waals surface area contributed by atoms with Crippen molar-refractivity contribution in [3.63, 3.8) is 0 Å². The van der Waals surface area contributed by atoms with Crippen molar-refractivity contribution in [3.05, 3.63) is 66.2 Å². The summed E-state index contributed by atoms with van der Waals surface area (Å²) in [6, 6.07) is 10.3. The van der Waals surface area contributed by atoms with Gasteiger partial charge in [-0.2, -0.15) is 5.10 Å². The highest BCUT2D eigenvalue weighted by Gasteiger charge is 2.07. The second-order valence-corrected chi connectivity index (χ2v) is 4.99. The van der Waals surface area contributed by atoms with Gasteiger partial charge in [-0.15, -0.1) is 0 Å². The van der Waals surface area contributed by atoms with Crippen molar-refractivity contribution in [3.8, 4) is 5.69 Å². The molecule has 0 saturated heterocycles. The van der Waals surface area contributed by atoms with E-state index in [4.69, 9.17) is 0 Å². The van der Waals surface area contributed by atoms with Crippen molar-refractivity contribution in [1.82, 2.24) is 19.7 Å². The van der Waals surface area contributed by atoms with Gasteiger partial charge in [-0.05, 0) is 43.2 Å². The number of benzene rings is 1. The van der Waals surface area contributed by atoms with E-state index in [1.54, 1.807) is 6.20 Å². The SMILES string of the molecule is Cc1cnc(NC(C)c2ccc(-n3cccn3)cc2)nc1. The molecular formula is C16H17N5. The summed E-state index contributed by atoms with van der Waals surface area (Å²) in [4.78, 5) is 8.53. The monoisotopic (exact) mass is 279 g/mol. The maximum Gasteiger partial charge on any atom is 0.223 e. The molecule has 106 valence electrons. The van der Waals surface area contributed by atoms with E-state index in [0.29, 0.717) is 5.95 Å². The summed E-state index contributed by atoms with van der Waals surface area (Å²) in [5.41, 5.74) is 3.27. The fraction of sp³-hybridized carbons (Fsp3) is 0.188. The van der Waals surface area contributed by atoms with Crippen molar-refractivity contribution in [1.29, 1.82) is 0 Å². The Morgan fingerprint density at radius 2 is 1.81 bits per heavy atom. The standard InChI is InChI=1S/C16H17N5/c1-12-10-17-16(18-11-12)20-13(2)14-4-6-15(7-5-14)21-9-3-8-19-21/h3-11,13H,1-2H3,(H,17,18,20). The number of nitrogens with zero attached hydrogens (tertiary/aromatic N) is 4. The van der Waals surface area contributed by atoms with Crippen molar-refractivity contribution in [2.75, 3.05) is 5.32 Å². The first-order chi connectivity index (χ1) is 10.2. The van der Waals surface area contributed by atoms with Crippen LogP contribution in [0.1, 0.15) is 24.1 Å². The van der Waals surface area contributed by atoms with E-state index >= 15 is 0 Å². The van der Waals surface area contributed by atoms with Crippen LogP contribution in [0.2, 0.25) is 0 Å². The van der Waals surface area contributed by atoms with Gasteiger partial charge < -0.3 is 5.32 Å². The van der Waals surface area contributed by atoms with Gasteiger partial charge in [0.15, 0.2) is 0 Å². The smallest absolute Gasteiger partial charge is 0.223 e. The summed E-state index contributed by atoms with van der Waals surface area (Å²) in [7, 11) is 0. The van der Waals surface area contributed by atoms with Gasteiger partial charge in [0.05, 0.1) is 11.7 Å². The zero-order valence-corrected chi connectivity index (χ0v) is 12.1. The second-order valence-electron chi connectivity index (χ2n) is 4.99. The molecule has 1 unspecified atom stereocenters. The van der Waals surface area contributed by atoms with Crippen molar-refractivity contribution < 1.29 is 0 Å². The molecule has 5 nitrogen and oxygen atoms in total. The van der Waals surface area contributed by atoms with Crippen LogP contribution < -0.4 is 5.32 Å².